The fraction of sp³-hybridized carbons (Fsp3) is 0.400. The molecule has 2 N–H and O–H groups in total. The molecule has 0 radical (unpaired) electrons. The van der Waals surface area contributed by atoms with Gasteiger partial charge in [0.05, 0.1) is 38.4 Å². The lowest BCUT2D eigenvalue weighted by Gasteiger charge is -2.41. The van der Waals surface area contributed by atoms with E-state index in [0.717, 1.165) is 43.6 Å². The summed E-state index contributed by atoms with van der Waals surface area (Å²) < 4.78 is 54.2. The van der Waals surface area contributed by atoms with Crippen LogP contribution in [0.5, 0.6) is 6.01 Å². The maximum atomic E-state index is 17.0. The first kappa shape index (κ1) is 32.3. The lowest BCUT2D eigenvalue weighted by molar-refractivity contribution is 0.107. The molecule has 1 amide bonds. The van der Waals surface area contributed by atoms with Crippen LogP contribution in [0, 0.1) is 23.0 Å². The smallest absolute Gasteiger partial charge is 0.328 e. The molecule has 4 fully saturated rings. The van der Waals surface area contributed by atoms with E-state index < -0.39 is 23.3 Å². The number of carbonyl (C=O) groups is 1. The highest BCUT2D eigenvalue weighted by molar-refractivity contribution is 7.22. The van der Waals surface area contributed by atoms with Crippen molar-refractivity contribution in [1.82, 2.24) is 29.3 Å². The number of aromatic nitrogens is 4. The van der Waals surface area contributed by atoms with Gasteiger partial charge in [0.2, 0.25) is 0 Å². The summed E-state index contributed by atoms with van der Waals surface area (Å²) in [5.74, 6) is -0.886. The number of carbonyl (C=O) groups excluding carboxylic acids is 1. The molecule has 262 valence electrons. The van der Waals surface area contributed by atoms with E-state index in [9.17, 15) is 18.8 Å². The SMILES string of the molecule is N#Cc1ccn(C(=O)N2C3CCC2CN(c2nc(OC[C@@]45CCCN4C[C@H](F)C5)nc4c(F)c(-c5ccc(F)c6sc(N)nc56)c(Cl)cc24)C3)c1. The highest BCUT2D eigenvalue weighted by Gasteiger charge is 2.50. The zero-order valence-electron chi connectivity index (χ0n) is 27.2. The van der Waals surface area contributed by atoms with Crippen LogP contribution in [0.4, 0.5) is 28.9 Å². The summed E-state index contributed by atoms with van der Waals surface area (Å²) in [5.41, 5.74) is 6.23. The van der Waals surface area contributed by atoms with E-state index in [1.807, 2.05) is 9.80 Å². The van der Waals surface area contributed by atoms with Gasteiger partial charge in [-0.3, -0.25) is 9.47 Å². The molecule has 11 nitrogen and oxygen atoms in total. The van der Waals surface area contributed by atoms with Crippen LogP contribution < -0.4 is 15.4 Å². The first-order valence-corrected chi connectivity index (χ1v) is 18.0. The maximum absolute atomic E-state index is 17.0. The molecule has 2 aromatic carbocycles. The topological polar surface area (TPSA) is 129 Å². The summed E-state index contributed by atoms with van der Waals surface area (Å²) in [4.78, 5) is 33.3. The van der Waals surface area contributed by atoms with Crippen molar-refractivity contribution in [3.63, 3.8) is 0 Å². The molecule has 2 unspecified atom stereocenters. The third-order valence-corrected chi connectivity index (χ3v) is 12.1. The molecule has 4 saturated heterocycles. The number of hydrogen-bond donors (Lipinski definition) is 1. The zero-order valence-corrected chi connectivity index (χ0v) is 28.7. The van der Waals surface area contributed by atoms with Crippen molar-refractivity contribution in [1.29, 1.82) is 5.26 Å². The van der Waals surface area contributed by atoms with E-state index in [1.54, 1.807) is 18.3 Å². The van der Waals surface area contributed by atoms with Crippen LogP contribution in [0.1, 0.15) is 37.7 Å². The van der Waals surface area contributed by atoms with Gasteiger partial charge >= 0.3 is 12.0 Å². The second kappa shape index (κ2) is 12.0. The number of ether oxygens (including phenoxy) is 1. The van der Waals surface area contributed by atoms with Gasteiger partial charge in [-0.25, -0.2) is 22.9 Å². The van der Waals surface area contributed by atoms with Crippen LogP contribution in [0.25, 0.3) is 32.2 Å². The number of benzene rings is 2. The van der Waals surface area contributed by atoms with Crippen molar-refractivity contribution in [2.24, 2.45) is 0 Å². The average molecular weight is 734 g/mol. The molecule has 2 bridgehead atoms. The Labute approximate surface area is 299 Å². The summed E-state index contributed by atoms with van der Waals surface area (Å²) in [6, 6.07) is 7.29. The van der Waals surface area contributed by atoms with Crippen LogP contribution in [0.2, 0.25) is 5.02 Å². The minimum Gasteiger partial charge on any atom is -0.461 e. The molecule has 16 heteroatoms. The van der Waals surface area contributed by atoms with Gasteiger partial charge in [-0.2, -0.15) is 15.2 Å². The molecule has 5 aromatic rings. The lowest BCUT2D eigenvalue weighted by Crippen LogP contribution is -2.57. The molecule has 0 aliphatic carbocycles. The molecular weight excluding hydrogens is 703 g/mol. The molecule has 3 aromatic heterocycles. The number of nitrogens with two attached hydrogens (primary N) is 1. The summed E-state index contributed by atoms with van der Waals surface area (Å²) in [6.45, 7) is 2.08. The van der Waals surface area contributed by atoms with Gasteiger partial charge in [0.1, 0.15) is 36.0 Å². The van der Waals surface area contributed by atoms with Crippen LogP contribution in [0.3, 0.4) is 0 Å². The Hall–Kier alpha value is -4.65. The largest absolute Gasteiger partial charge is 0.461 e. The number of fused-ring (bicyclic) bond motifs is 5. The molecular formula is C35H31ClF3N9O2S. The van der Waals surface area contributed by atoms with Crippen molar-refractivity contribution in [2.75, 3.05) is 43.4 Å². The van der Waals surface area contributed by atoms with Crippen LogP contribution >= 0.6 is 22.9 Å². The molecule has 4 aliphatic rings. The second-order valence-corrected chi connectivity index (χ2v) is 15.3. The molecule has 51 heavy (non-hydrogen) atoms. The fourth-order valence-electron chi connectivity index (χ4n) is 8.66. The minimum atomic E-state index is -0.955. The number of rotatable bonds is 5. The number of halogens is 4. The number of nitriles is 1. The molecule has 0 spiro atoms. The van der Waals surface area contributed by atoms with E-state index in [4.69, 9.17) is 27.1 Å². The van der Waals surface area contributed by atoms with Crippen molar-refractivity contribution in [3.05, 3.63) is 58.9 Å². The van der Waals surface area contributed by atoms with E-state index in [1.165, 1.54) is 22.9 Å². The van der Waals surface area contributed by atoms with Crippen molar-refractivity contribution < 1.29 is 22.7 Å². The van der Waals surface area contributed by atoms with Crippen molar-refractivity contribution in [3.8, 4) is 23.2 Å². The Kier molecular flexibility index (Phi) is 7.57. The standard InChI is InChI=1S/C35H31ClF3N9O2S/c36-24-10-23-28(27(39)26(24)22-4-5-25(38)30-29(22)42-32(41)51-30)43-33(50-17-35-7-1-8-47(35)14-19(37)11-35)44-31(23)46-15-20-2-3-21(16-46)48(20)34(49)45-9-6-18(12-40)13-45/h4-6,9-10,13,19-21H,1-3,7-8,11,14-17H2,(H2,41,42)/t19-,20?,21?,35+/m1/s1. The highest BCUT2D eigenvalue weighted by Crippen LogP contribution is 2.45. The fourth-order valence-corrected chi connectivity index (χ4v) is 9.71. The zero-order chi connectivity index (χ0) is 35.2. The third-order valence-electron chi connectivity index (χ3n) is 10.9. The number of nitrogen functional groups attached to an aromatic ring is 1. The Morgan fingerprint density at radius 1 is 1.14 bits per heavy atom. The highest BCUT2D eigenvalue weighted by atomic mass is 35.5. The summed E-state index contributed by atoms with van der Waals surface area (Å²) >= 11 is 7.82. The van der Waals surface area contributed by atoms with Gasteiger partial charge in [0.25, 0.3) is 0 Å². The number of thiazole rings is 1. The predicted molar refractivity (Wildman–Crippen MR) is 187 cm³/mol. The Morgan fingerprint density at radius 3 is 2.71 bits per heavy atom. The second-order valence-electron chi connectivity index (χ2n) is 13.9. The summed E-state index contributed by atoms with van der Waals surface area (Å²) in [7, 11) is 0. The number of alkyl halides is 1. The summed E-state index contributed by atoms with van der Waals surface area (Å²) in [6.07, 6.45) is 5.71. The molecule has 4 atom stereocenters. The quantitative estimate of drug-likeness (QED) is 0.219. The van der Waals surface area contributed by atoms with Crippen LogP contribution in [0.15, 0.2) is 36.7 Å². The Morgan fingerprint density at radius 2 is 1.94 bits per heavy atom. The number of nitrogens with zero attached hydrogens (tertiary/aromatic N) is 8. The lowest BCUT2D eigenvalue weighted by atomic mass is 9.95. The number of piperazine rings is 1. The predicted octanol–water partition coefficient (Wildman–Crippen LogP) is 6.37. The van der Waals surface area contributed by atoms with Gasteiger partial charge in [0.15, 0.2) is 10.9 Å². The van der Waals surface area contributed by atoms with E-state index in [-0.39, 0.29) is 67.7 Å². The Bertz CT molecular complexity index is 2280. The monoisotopic (exact) mass is 733 g/mol. The van der Waals surface area contributed by atoms with Crippen molar-refractivity contribution >= 4 is 61.0 Å². The first-order valence-electron chi connectivity index (χ1n) is 16.8. The Balaban J connectivity index is 1.13. The maximum Gasteiger partial charge on any atom is 0.328 e. The number of anilines is 2. The molecule has 0 saturated carbocycles. The van der Waals surface area contributed by atoms with Crippen LogP contribution in [-0.2, 0) is 0 Å². The van der Waals surface area contributed by atoms with E-state index in [2.05, 4.69) is 20.9 Å². The van der Waals surface area contributed by atoms with E-state index >= 15 is 4.39 Å². The first-order chi connectivity index (χ1) is 24.6. The van der Waals surface area contributed by atoms with Gasteiger partial charge in [-0.1, -0.05) is 22.9 Å². The van der Waals surface area contributed by atoms with Gasteiger partial charge < -0.3 is 20.3 Å². The average Bonchev–Trinajstić information content (AvgIpc) is 3.93. The van der Waals surface area contributed by atoms with Gasteiger partial charge in [-0.05, 0) is 56.5 Å². The normalized spacial score (nSPS) is 24.5. The molecule has 9 rings (SSSR count). The number of amides is 1. The van der Waals surface area contributed by atoms with Crippen LogP contribution in [-0.4, -0.2) is 91.9 Å². The summed E-state index contributed by atoms with van der Waals surface area (Å²) in [5, 5.41) is 9.80. The minimum absolute atomic E-state index is 0.00867. The molecule has 4 aliphatic heterocycles. The van der Waals surface area contributed by atoms with E-state index in [0.29, 0.717) is 42.8 Å². The number of hydrogen-bond acceptors (Lipinski definition) is 10. The van der Waals surface area contributed by atoms with Crippen molar-refractivity contribution in [2.45, 2.75) is 55.9 Å². The van der Waals surface area contributed by atoms with Gasteiger partial charge in [0, 0.05) is 55.0 Å². The third kappa shape index (κ3) is 5.17. The van der Waals surface area contributed by atoms with Gasteiger partial charge in [-0.15, -0.1) is 0 Å². The molecule has 7 heterocycles.